The number of piperidine rings is 1. The van der Waals surface area contributed by atoms with Crippen molar-refractivity contribution in [1.82, 2.24) is 10.2 Å². The van der Waals surface area contributed by atoms with Gasteiger partial charge in [-0.3, -0.25) is 0 Å². The van der Waals surface area contributed by atoms with Gasteiger partial charge in [0, 0.05) is 39.4 Å². The molecule has 18 heavy (non-hydrogen) atoms. The fourth-order valence-electron chi connectivity index (χ4n) is 2.31. The molecule has 0 aromatic heterocycles. The summed E-state index contributed by atoms with van der Waals surface area (Å²) in [6, 6.07) is 0.433. The van der Waals surface area contributed by atoms with Crippen molar-refractivity contribution >= 4 is 0 Å². The highest BCUT2D eigenvalue weighted by molar-refractivity contribution is 4.75. The van der Waals surface area contributed by atoms with E-state index in [0.717, 1.165) is 58.6 Å². The van der Waals surface area contributed by atoms with Crippen molar-refractivity contribution in [2.45, 2.75) is 39.2 Å². The van der Waals surface area contributed by atoms with Crippen molar-refractivity contribution < 1.29 is 4.74 Å². The van der Waals surface area contributed by atoms with Crippen LogP contribution in [-0.4, -0.2) is 57.4 Å². The van der Waals surface area contributed by atoms with Crippen LogP contribution in [0.4, 0.5) is 0 Å². The van der Waals surface area contributed by atoms with Crippen molar-refractivity contribution in [3.8, 4) is 0 Å². The van der Waals surface area contributed by atoms with Crippen molar-refractivity contribution in [1.29, 1.82) is 0 Å². The van der Waals surface area contributed by atoms with Crippen LogP contribution in [0.15, 0.2) is 0 Å². The van der Waals surface area contributed by atoms with E-state index >= 15 is 0 Å². The monoisotopic (exact) mass is 257 g/mol. The minimum atomic E-state index is 0.320. The molecule has 4 heteroatoms. The van der Waals surface area contributed by atoms with E-state index in [-0.39, 0.29) is 0 Å². The second-order valence-electron chi connectivity index (χ2n) is 6.26. The molecule has 1 heterocycles. The molecule has 0 bridgehead atoms. The van der Waals surface area contributed by atoms with E-state index in [1.54, 1.807) is 7.11 Å². The Morgan fingerprint density at radius 3 is 2.61 bits per heavy atom. The average Bonchev–Trinajstić information content (AvgIpc) is 2.34. The third-order valence-corrected chi connectivity index (χ3v) is 3.82. The Morgan fingerprint density at radius 1 is 1.33 bits per heavy atom. The number of hydrogen-bond acceptors (Lipinski definition) is 4. The molecule has 1 fully saturated rings. The van der Waals surface area contributed by atoms with Crippen LogP contribution >= 0.6 is 0 Å². The predicted molar refractivity (Wildman–Crippen MR) is 76.8 cm³/mol. The Labute approximate surface area is 112 Å². The van der Waals surface area contributed by atoms with Gasteiger partial charge >= 0.3 is 0 Å². The molecule has 1 saturated heterocycles. The zero-order valence-electron chi connectivity index (χ0n) is 12.4. The van der Waals surface area contributed by atoms with Crippen molar-refractivity contribution in [2.75, 3.05) is 46.4 Å². The Hall–Kier alpha value is -0.160. The maximum atomic E-state index is 5.90. The summed E-state index contributed by atoms with van der Waals surface area (Å²) in [7, 11) is 1.77. The van der Waals surface area contributed by atoms with Gasteiger partial charge < -0.3 is 20.7 Å². The maximum Gasteiger partial charge on any atom is 0.0467 e. The summed E-state index contributed by atoms with van der Waals surface area (Å²) in [4.78, 5) is 2.51. The minimum Gasteiger partial charge on any atom is -0.385 e. The third kappa shape index (κ3) is 6.69. The average molecular weight is 257 g/mol. The zero-order chi connectivity index (χ0) is 13.4. The molecule has 1 aliphatic heterocycles. The number of likely N-dealkylation sites (tertiary alicyclic amines) is 1. The standard InChI is InChI=1S/C14H31N3O/c1-14(2,6-11-18-3)12-16-7-10-17-8-4-13(15)5-9-17/h13,16H,4-12,15H2,1-3H3. The van der Waals surface area contributed by atoms with Crippen molar-refractivity contribution in [2.24, 2.45) is 11.1 Å². The first-order valence-corrected chi connectivity index (χ1v) is 7.21. The molecule has 0 saturated carbocycles. The van der Waals surface area contributed by atoms with E-state index in [1.165, 1.54) is 0 Å². The van der Waals surface area contributed by atoms with Crippen LogP contribution in [0.3, 0.4) is 0 Å². The molecule has 0 spiro atoms. The van der Waals surface area contributed by atoms with Crippen molar-refractivity contribution in [3.05, 3.63) is 0 Å². The number of methoxy groups -OCH3 is 1. The molecule has 4 nitrogen and oxygen atoms in total. The summed E-state index contributed by atoms with van der Waals surface area (Å²) in [6.07, 6.45) is 3.41. The Balaban J connectivity index is 2.04. The van der Waals surface area contributed by atoms with Gasteiger partial charge in [0.1, 0.15) is 0 Å². The predicted octanol–water partition coefficient (Wildman–Crippen LogP) is 1.06. The first kappa shape index (κ1) is 15.9. The lowest BCUT2D eigenvalue weighted by Gasteiger charge is -2.31. The summed E-state index contributed by atoms with van der Waals surface area (Å²) in [5, 5.41) is 3.56. The lowest BCUT2D eigenvalue weighted by molar-refractivity contribution is 0.149. The fourth-order valence-corrected chi connectivity index (χ4v) is 2.31. The molecule has 0 unspecified atom stereocenters. The SMILES string of the molecule is COCCC(C)(C)CNCCN1CCC(N)CC1. The Kier molecular flexibility index (Phi) is 7.15. The summed E-state index contributed by atoms with van der Waals surface area (Å²) in [5.41, 5.74) is 6.22. The van der Waals surface area contributed by atoms with E-state index in [1.807, 2.05) is 0 Å². The van der Waals surface area contributed by atoms with Crippen LogP contribution in [0, 0.1) is 5.41 Å². The molecule has 3 N–H and O–H groups in total. The second kappa shape index (κ2) is 8.10. The number of rotatable bonds is 8. The van der Waals surface area contributed by atoms with Gasteiger partial charge in [-0.1, -0.05) is 13.8 Å². The van der Waals surface area contributed by atoms with Crippen LogP contribution in [0.1, 0.15) is 33.1 Å². The summed E-state index contributed by atoms with van der Waals surface area (Å²) in [5.74, 6) is 0. The van der Waals surface area contributed by atoms with Gasteiger partial charge in [0.15, 0.2) is 0 Å². The summed E-state index contributed by atoms with van der Waals surface area (Å²) >= 11 is 0. The molecule has 0 amide bonds. The van der Waals surface area contributed by atoms with E-state index in [0.29, 0.717) is 11.5 Å². The second-order valence-corrected chi connectivity index (χ2v) is 6.26. The smallest absolute Gasteiger partial charge is 0.0467 e. The van der Waals surface area contributed by atoms with E-state index < -0.39 is 0 Å². The van der Waals surface area contributed by atoms with Gasteiger partial charge in [-0.05, 0) is 37.8 Å². The van der Waals surface area contributed by atoms with Crippen LogP contribution in [0.25, 0.3) is 0 Å². The van der Waals surface area contributed by atoms with Crippen molar-refractivity contribution in [3.63, 3.8) is 0 Å². The lowest BCUT2D eigenvalue weighted by Crippen LogP contribution is -2.43. The number of hydrogen-bond donors (Lipinski definition) is 2. The number of ether oxygens (including phenoxy) is 1. The number of nitrogens with one attached hydrogen (secondary N) is 1. The summed E-state index contributed by atoms with van der Waals surface area (Å²) in [6.45, 7) is 11.0. The molecule has 0 atom stereocenters. The number of nitrogens with two attached hydrogens (primary N) is 1. The highest BCUT2D eigenvalue weighted by Gasteiger charge is 2.18. The molecule has 0 aromatic rings. The van der Waals surface area contributed by atoms with E-state index in [4.69, 9.17) is 10.5 Å². The van der Waals surface area contributed by atoms with Gasteiger partial charge in [0.2, 0.25) is 0 Å². The normalized spacial score (nSPS) is 19.3. The minimum absolute atomic E-state index is 0.320. The molecule has 108 valence electrons. The molecule has 0 aromatic carbocycles. The Morgan fingerprint density at radius 2 is 2.00 bits per heavy atom. The van der Waals surface area contributed by atoms with Gasteiger partial charge in [-0.2, -0.15) is 0 Å². The summed E-state index contributed by atoms with van der Waals surface area (Å²) < 4.78 is 5.14. The third-order valence-electron chi connectivity index (χ3n) is 3.82. The van der Waals surface area contributed by atoms with Crippen LogP contribution in [-0.2, 0) is 4.74 Å². The first-order valence-electron chi connectivity index (χ1n) is 7.21. The Bertz CT molecular complexity index is 213. The highest BCUT2D eigenvalue weighted by atomic mass is 16.5. The van der Waals surface area contributed by atoms with E-state index in [2.05, 4.69) is 24.1 Å². The molecular weight excluding hydrogens is 226 g/mol. The van der Waals surface area contributed by atoms with Crippen LogP contribution in [0.2, 0.25) is 0 Å². The largest absolute Gasteiger partial charge is 0.385 e. The number of nitrogens with zero attached hydrogens (tertiary/aromatic N) is 1. The molecule has 1 aliphatic rings. The lowest BCUT2D eigenvalue weighted by atomic mass is 9.90. The molecule has 0 radical (unpaired) electrons. The fraction of sp³-hybridized carbons (Fsp3) is 1.00. The molecular formula is C14H31N3O. The van der Waals surface area contributed by atoms with Gasteiger partial charge in [-0.15, -0.1) is 0 Å². The van der Waals surface area contributed by atoms with Crippen LogP contribution < -0.4 is 11.1 Å². The highest BCUT2D eigenvalue weighted by Crippen LogP contribution is 2.18. The van der Waals surface area contributed by atoms with Gasteiger partial charge in [-0.25, -0.2) is 0 Å². The molecule has 0 aliphatic carbocycles. The van der Waals surface area contributed by atoms with Gasteiger partial charge in [0.25, 0.3) is 0 Å². The molecule has 1 rings (SSSR count). The quantitative estimate of drug-likeness (QED) is 0.639. The first-order chi connectivity index (χ1) is 8.53. The van der Waals surface area contributed by atoms with Gasteiger partial charge in [0.05, 0.1) is 0 Å². The zero-order valence-corrected chi connectivity index (χ0v) is 12.4. The van der Waals surface area contributed by atoms with Crippen LogP contribution in [0.5, 0.6) is 0 Å². The topological polar surface area (TPSA) is 50.5 Å². The van der Waals surface area contributed by atoms with E-state index in [9.17, 15) is 0 Å². The maximum absolute atomic E-state index is 5.90.